The van der Waals surface area contributed by atoms with E-state index in [4.69, 9.17) is 0 Å². The van der Waals surface area contributed by atoms with Crippen molar-refractivity contribution < 1.29 is 4.79 Å². The molecule has 15 heavy (non-hydrogen) atoms. The lowest BCUT2D eigenvalue weighted by Gasteiger charge is -2.29. The van der Waals surface area contributed by atoms with Gasteiger partial charge < -0.3 is 10.6 Å². The molecule has 2 N–H and O–H groups in total. The van der Waals surface area contributed by atoms with Crippen LogP contribution in [0.2, 0.25) is 0 Å². The van der Waals surface area contributed by atoms with Gasteiger partial charge in [-0.15, -0.1) is 0 Å². The second-order valence-corrected chi connectivity index (χ2v) is 5.13. The first kappa shape index (κ1) is 10.9. The van der Waals surface area contributed by atoms with E-state index in [1.165, 1.54) is 19.3 Å². The monoisotopic (exact) mass is 210 g/mol. The summed E-state index contributed by atoms with van der Waals surface area (Å²) in [6, 6.07) is 0.656. The summed E-state index contributed by atoms with van der Waals surface area (Å²) in [5.41, 5.74) is 0. The quantitative estimate of drug-likeness (QED) is 0.737. The predicted octanol–water partition coefficient (Wildman–Crippen LogP) is 1.29. The maximum absolute atomic E-state index is 11.6. The van der Waals surface area contributed by atoms with E-state index in [-0.39, 0.29) is 0 Å². The number of nitrogens with one attached hydrogen (secondary N) is 2. The van der Waals surface area contributed by atoms with Gasteiger partial charge >= 0.3 is 0 Å². The van der Waals surface area contributed by atoms with E-state index < -0.39 is 0 Å². The summed E-state index contributed by atoms with van der Waals surface area (Å²) in [7, 11) is 0. The Morgan fingerprint density at radius 1 is 1.33 bits per heavy atom. The SMILES string of the molecule is CC1CCC(CNC(=O)C2CCC2)CN1. The molecule has 0 aromatic rings. The molecule has 2 aliphatic rings. The van der Waals surface area contributed by atoms with Gasteiger partial charge in [-0.05, 0) is 45.1 Å². The van der Waals surface area contributed by atoms with Crippen LogP contribution in [0.1, 0.15) is 39.0 Å². The van der Waals surface area contributed by atoms with Crippen LogP contribution in [-0.4, -0.2) is 25.0 Å². The lowest BCUT2D eigenvalue weighted by molar-refractivity contribution is -0.127. The molecule has 0 spiro atoms. The Morgan fingerprint density at radius 3 is 2.67 bits per heavy atom. The Balaban J connectivity index is 1.62. The van der Waals surface area contributed by atoms with Gasteiger partial charge in [0, 0.05) is 18.5 Å². The van der Waals surface area contributed by atoms with E-state index in [0.717, 1.165) is 25.9 Å². The standard InChI is InChI=1S/C12H22N2O/c1-9-5-6-10(7-13-9)8-14-12(15)11-3-2-4-11/h9-11,13H,2-8H2,1H3,(H,14,15). The smallest absolute Gasteiger partial charge is 0.223 e. The van der Waals surface area contributed by atoms with Crippen LogP contribution in [0.5, 0.6) is 0 Å². The summed E-state index contributed by atoms with van der Waals surface area (Å²) in [5.74, 6) is 1.27. The first-order valence-corrected chi connectivity index (χ1v) is 6.27. The van der Waals surface area contributed by atoms with Crippen LogP contribution in [0.15, 0.2) is 0 Å². The number of hydrogen-bond donors (Lipinski definition) is 2. The maximum atomic E-state index is 11.6. The summed E-state index contributed by atoms with van der Waals surface area (Å²) in [6.45, 7) is 4.16. The second-order valence-electron chi connectivity index (χ2n) is 5.13. The van der Waals surface area contributed by atoms with Crippen LogP contribution in [0.3, 0.4) is 0 Å². The molecule has 1 aliphatic carbocycles. The van der Waals surface area contributed by atoms with Crippen molar-refractivity contribution in [2.45, 2.75) is 45.1 Å². The van der Waals surface area contributed by atoms with Crippen LogP contribution >= 0.6 is 0 Å². The van der Waals surface area contributed by atoms with Crippen molar-refractivity contribution in [2.75, 3.05) is 13.1 Å². The van der Waals surface area contributed by atoms with Crippen molar-refractivity contribution >= 4 is 5.91 Å². The number of carbonyl (C=O) groups excluding carboxylic acids is 1. The van der Waals surface area contributed by atoms with Crippen LogP contribution in [0, 0.1) is 11.8 Å². The first-order valence-electron chi connectivity index (χ1n) is 6.27. The van der Waals surface area contributed by atoms with Gasteiger partial charge in [0.05, 0.1) is 0 Å². The highest BCUT2D eigenvalue weighted by Crippen LogP contribution is 2.26. The van der Waals surface area contributed by atoms with Gasteiger partial charge in [-0.25, -0.2) is 0 Å². The Labute approximate surface area is 92.0 Å². The zero-order chi connectivity index (χ0) is 10.7. The second kappa shape index (κ2) is 4.97. The van der Waals surface area contributed by atoms with Crippen LogP contribution in [-0.2, 0) is 4.79 Å². The lowest BCUT2D eigenvalue weighted by Crippen LogP contribution is -2.43. The molecule has 0 radical (unpaired) electrons. The Hall–Kier alpha value is -0.570. The number of amides is 1. The topological polar surface area (TPSA) is 41.1 Å². The molecular weight excluding hydrogens is 188 g/mol. The molecule has 2 unspecified atom stereocenters. The first-order chi connectivity index (χ1) is 7.25. The largest absolute Gasteiger partial charge is 0.356 e. The van der Waals surface area contributed by atoms with Gasteiger partial charge in [0.25, 0.3) is 0 Å². The highest BCUT2D eigenvalue weighted by atomic mass is 16.1. The van der Waals surface area contributed by atoms with E-state index in [1.54, 1.807) is 0 Å². The van der Waals surface area contributed by atoms with Gasteiger partial charge in [-0.2, -0.15) is 0 Å². The fourth-order valence-corrected chi connectivity index (χ4v) is 2.29. The molecule has 1 amide bonds. The summed E-state index contributed by atoms with van der Waals surface area (Å²) < 4.78 is 0. The highest BCUT2D eigenvalue weighted by molar-refractivity contribution is 5.79. The van der Waals surface area contributed by atoms with E-state index in [1.807, 2.05) is 0 Å². The molecular formula is C12H22N2O. The lowest BCUT2D eigenvalue weighted by atomic mass is 9.84. The molecule has 1 saturated carbocycles. The fraction of sp³-hybridized carbons (Fsp3) is 0.917. The average molecular weight is 210 g/mol. The highest BCUT2D eigenvalue weighted by Gasteiger charge is 2.26. The van der Waals surface area contributed by atoms with Gasteiger partial charge in [0.2, 0.25) is 5.91 Å². The number of rotatable bonds is 3. The molecule has 3 heteroatoms. The van der Waals surface area contributed by atoms with Crippen LogP contribution in [0.25, 0.3) is 0 Å². The summed E-state index contributed by atoms with van der Waals surface area (Å²) >= 11 is 0. The maximum Gasteiger partial charge on any atom is 0.223 e. The van der Waals surface area contributed by atoms with E-state index >= 15 is 0 Å². The molecule has 2 rings (SSSR count). The molecule has 2 fully saturated rings. The van der Waals surface area contributed by atoms with Crippen LogP contribution in [0.4, 0.5) is 0 Å². The normalized spacial score (nSPS) is 32.1. The Morgan fingerprint density at radius 2 is 2.13 bits per heavy atom. The van der Waals surface area contributed by atoms with Crippen molar-refractivity contribution in [3.8, 4) is 0 Å². The van der Waals surface area contributed by atoms with Crippen molar-refractivity contribution in [1.82, 2.24) is 10.6 Å². The number of hydrogen-bond acceptors (Lipinski definition) is 2. The average Bonchev–Trinajstić information content (AvgIpc) is 2.14. The zero-order valence-electron chi connectivity index (χ0n) is 9.59. The van der Waals surface area contributed by atoms with Crippen LogP contribution < -0.4 is 10.6 Å². The minimum Gasteiger partial charge on any atom is -0.356 e. The van der Waals surface area contributed by atoms with Gasteiger partial charge in [0.15, 0.2) is 0 Å². The third-order valence-electron chi connectivity index (χ3n) is 3.80. The number of carbonyl (C=O) groups is 1. The Bertz CT molecular complexity index is 218. The van der Waals surface area contributed by atoms with Gasteiger partial charge in [0.1, 0.15) is 0 Å². The van der Waals surface area contributed by atoms with E-state index in [2.05, 4.69) is 17.6 Å². The molecule has 86 valence electrons. The van der Waals surface area contributed by atoms with Gasteiger partial charge in [-0.1, -0.05) is 6.42 Å². The molecule has 0 bridgehead atoms. The molecule has 0 aromatic carbocycles. The third-order valence-corrected chi connectivity index (χ3v) is 3.80. The predicted molar refractivity (Wildman–Crippen MR) is 60.5 cm³/mol. The van der Waals surface area contributed by atoms with Crippen molar-refractivity contribution in [1.29, 1.82) is 0 Å². The third kappa shape index (κ3) is 2.94. The fourth-order valence-electron chi connectivity index (χ4n) is 2.29. The zero-order valence-corrected chi connectivity index (χ0v) is 9.59. The summed E-state index contributed by atoms with van der Waals surface area (Å²) in [4.78, 5) is 11.6. The minimum atomic E-state index is 0.292. The summed E-state index contributed by atoms with van der Waals surface area (Å²) in [6.07, 6.45) is 5.93. The molecule has 1 saturated heterocycles. The molecule has 3 nitrogen and oxygen atoms in total. The van der Waals surface area contributed by atoms with E-state index in [0.29, 0.717) is 23.8 Å². The molecule has 1 heterocycles. The molecule has 0 aromatic heterocycles. The van der Waals surface area contributed by atoms with Crippen molar-refractivity contribution in [2.24, 2.45) is 11.8 Å². The Kier molecular flexibility index (Phi) is 3.62. The minimum absolute atomic E-state index is 0.292. The van der Waals surface area contributed by atoms with E-state index in [9.17, 15) is 4.79 Å². The van der Waals surface area contributed by atoms with Crippen molar-refractivity contribution in [3.05, 3.63) is 0 Å². The van der Waals surface area contributed by atoms with Crippen molar-refractivity contribution in [3.63, 3.8) is 0 Å². The number of piperidine rings is 1. The summed E-state index contributed by atoms with van der Waals surface area (Å²) in [5, 5.41) is 6.55. The molecule has 2 atom stereocenters. The van der Waals surface area contributed by atoms with Gasteiger partial charge in [-0.3, -0.25) is 4.79 Å². The molecule has 1 aliphatic heterocycles.